The van der Waals surface area contributed by atoms with Crippen LogP contribution in [0.3, 0.4) is 0 Å². The van der Waals surface area contributed by atoms with Crippen molar-refractivity contribution in [2.24, 2.45) is 0 Å². The molecule has 1 aliphatic heterocycles. The summed E-state index contributed by atoms with van der Waals surface area (Å²) in [7, 11) is 1.66. The van der Waals surface area contributed by atoms with Crippen molar-refractivity contribution in [2.45, 2.75) is 6.92 Å². The molecule has 4 nitrogen and oxygen atoms in total. The second-order valence-electron chi connectivity index (χ2n) is 5.20. The second kappa shape index (κ2) is 10.5. The first kappa shape index (κ1) is 18.8. The molecule has 0 spiro atoms. The van der Waals surface area contributed by atoms with Crippen LogP contribution in [-0.4, -0.2) is 62.8 Å². The Hall–Kier alpha value is -1.23. The number of methoxy groups -OCH3 is 1. The van der Waals surface area contributed by atoms with Gasteiger partial charge in [-0.3, -0.25) is 4.90 Å². The molecule has 0 atom stereocenters. The van der Waals surface area contributed by atoms with E-state index in [2.05, 4.69) is 28.9 Å². The van der Waals surface area contributed by atoms with E-state index in [1.807, 2.05) is 24.3 Å². The standard InChI is InChI=1S/C17H26N2O2.ClH/c1-3-18-10-12-19(13-11-18)9-4-5-14-21-17-8-6-7-16(15-17)20-2;/h4-8,15H,3,9-14H2,1-2H3;1H. The van der Waals surface area contributed by atoms with Crippen LogP contribution in [-0.2, 0) is 0 Å². The number of benzene rings is 1. The van der Waals surface area contributed by atoms with Gasteiger partial charge in [0.25, 0.3) is 0 Å². The molecule has 0 bridgehead atoms. The Morgan fingerprint density at radius 2 is 1.73 bits per heavy atom. The molecule has 0 radical (unpaired) electrons. The minimum Gasteiger partial charge on any atom is -0.497 e. The van der Waals surface area contributed by atoms with Crippen LogP contribution in [0.2, 0.25) is 0 Å². The molecule has 0 aliphatic carbocycles. The highest BCUT2D eigenvalue weighted by atomic mass is 35.5. The van der Waals surface area contributed by atoms with Gasteiger partial charge in [0.05, 0.1) is 7.11 Å². The van der Waals surface area contributed by atoms with Crippen LogP contribution >= 0.6 is 12.4 Å². The average Bonchev–Trinajstić information content (AvgIpc) is 2.55. The molecule has 1 aliphatic rings. The number of likely N-dealkylation sites (N-methyl/N-ethyl adjacent to an activating group) is 1. The first-order chi connectivity index (χ1) is 10.3. The van der Waals surface area contributed by atoms with Gasteiger partial charge in [0.2, 0.25) is 0 Å². The van der Waals surface area contributed by atoms with E-state index >= 15 is 0 Å². The fraction of sp³-hybridized carbons (Fsp3) is 0.529. The molecule has 1 aromatic rings. The van der Waals surface area contributed by atoms with E-state index in [0.717, 1.165) is 37.7 Å². The summed E-state index contributed by atoms with van der Waals surface area (Å²) in [5, 5.41) is 0. The number of halogens is 1. The third-order valence-corrected chi connectivity index (χ3v) is 3.83. The number of ether oxygens (including phenoxy) is 2. The predicted octanol–water partition coefficient (Wildman–Crippen LogP) is 2.69. The second-order valence-corrected chi connectivity index (χ2v) is 5.20. The summed E-state index contributed by atoms with van der Waals surface area (Å²) in [4.78, 5) is 4.97. The number of piperazine rings is 1. The fourth-order valence-electron chi connectivity index (χ4n) is 2.42. The van der Waals surface area contributed by atoms with Gasteiger partial charge in [-0.05, 0) is 18.7 Å². The summed E-state index contributed by atoms with van der Waals surface area (Å²) < 4.78 is 10.8. The molecule has 0 unspecified atom stereocenters. The van der Waals surface area contributed by atoms with E-state index in [4.69, 9.17) is 9.47 Å². The fourth-order valence-corrected chi connectivity index (χ4v) is 2.42. The van der Waals surface area contributed by atoms with Gasteiger partial charge in [0, 0.05) is 38.8 Å². The maximum Gasteiger partial charge on any atom is 0.123 e. The highest BCUT2D eigenvalue weighted by molar-refractivity contribution is 5.85. The Kier molecular flexibility index (Phi) is 8.97. The Balaban J connectivity index is 0.00000242. The van der Waals surface area contributed by atoms with E-state index in [0.29, 0.717) is 6.61 Å². The molecule has 0 aromatic heterocycles. The molecule has 2 rings (SSSR count). The van der Waals surface area contributed by atoms with Gasteiger partial charge in [-0.25, -0.2) is 0 Å². The van der Waals surface area contributed by atoms with Crippen LogP contribution in [0.1, 0.15) is 6.92 Å². The lowest BCUT2D eigenvalue weighted by Gasteiger charge is -2.33. The van der Waals surface area contributed by atoms with Crippen molar-refractivity contribution >= 4 is 12.4 Å². The molecule has 0 saturated carbocycles. The van der Waals surface area contributed by atoms with Crippen molar-refractivity contribution in [2.75, 3.05) is 53.0 Å². The zero-order chi connectivity index (χ0) is 14.9. The topological polar surface area (TPSA) is 24.9 Å². The normalized spacial score (nSPS) is 16.5. The van der Waals surface area contributed by atoms with Crippen LogP contribution in [0.15, 0.2) is 36.4 Å². The number of hydrogen-bond acceptors (Lipinski definition) is 4. The van der Waals surface area contributed by atoms with Gasteiger partial charge in [0.1, 0.15) is 18.1 Å². The first-order valence-corrected chi connectivity index (χ1v) is 7.68. The van der Waals surface area contributed by atoms with Crippen LogP contribution < -0.4 is 9.47 Å². The lowest BCUT2D eigenvalue weighted by Crippen LogP contribution is -2.46. The van der Waals surface area contributed by atoms with E-state index in [9.17, 15) is 0 Å². The first-order valence-electron chi connectivity index (χ1n) is 7.68. The Bertz CT molecular complexity index is 446. The third-order valence-electron chi connectivity index (χ3n) is 3.83. The summed E-state index contributed by atoms with van der Waals surface area (Å²) in [5.74, 6) is 1.67. The molecule has 22 heavy (non-hydrogen) atoms. The lowest BCUT2D eigenvalue weighted by molar-refractivity contribution is 0.148. The average molecular weight is 327 g/mol. The highest BCUT2D eigenvalue weighted by Crippen LogP contribution is 2.18. The molecule has 0 N–H and O–H groups in total. The monoisotopic (exact) mass is 326 g/mol. The van der Waals surface area contributed by atoms with E-state index in [1.54, 1.807) is 7.11 Å². The Morgan fingerprint density at radius 1 is 1.05 bits per heavy atom. The highest BCUT2D eigenvalue weighted by Gasteiger charge is 2.13. The Morgan fingerprint density at radius 3 is 2.41 bits per heavy atom. The summed E-state index contributed by atoms with van der Waals surface area (Å²) in [6.07, 6.45) is 4.29. The van der Waals surface area contributed by atoms with Crippen LogP contribution in [0.5, 0.6) is 11.5 Å². The maximum absolute atomic E-state index is 5.68. The van der Waals surface area contributed by atoms with Crippen LogP contribution in [0, 0.1) is 0 Å². The minimum absolute atomic E-state index is 0. The largest absolute Gasteiger partial charge is 0.497 e. The van der Waals surface area contributed by atoms with E-state index in [-0.39, 0.29) is 12.4 Å². The van der Waals surface area contributed by atoms with E-state index < -0.39 is 0 Å². The van der Waals surface area contributed by atoms with Gasteiger partial charge < -0.3 is 14.4 Å². The quantitative estimate of drug-likeness (QED) is 0.719. The van der Waals surface area contributed by atoms with Crippen molar-refractivity contribution in [1.82, 2.24) is 9.80 Å². The minimum atomic E-state index is 0. The molecule has 1 aromatic carbocycles. The summed E-state index contributed by atoms with van der Waals surface area (Å²) in [6.45, 7) is 9.70. The van der Waals surface area contributed by atoms with Gasteiger partial charge >= 0.3 is 0 Å². The van der Waals surface area contributed by atoms with Crippen molar-refractivity contribution < 1.29 is 9.47 Å². The molecular weight excluding hydrogens is 300 g/mol. The summed E-state index contributed by atoms with van der Waals surface area (Å²) in [6, 6.07) is 7.70. The van der Waals surface area contributed by atoms with Gasteiger partial charge in [-0.1, -0.05) is 25.1 Å². The van der Waals surface area contributed by atoms with Crippen molar-refractivity contribution in [3.8, 4) is 11.5 Å². The molecule has 1 saturated heterocycles. The van der Waals surface area contributed by atoms with Gasteiger partial charge in [-0.15, -0.1) is 12.4 Å². The van der Waals surface area contributed by atoms with Gasteiger partial charge in [0.15, 0.2) is 0 Å². The summed E-state index contributed by atoms with van der Waals surface area (Å²) >= 11 is 0. The molecule has 1 heterocycles. The molecule has 0 amide bonds. The van der Waals surface area contributed by atoms with Crippen LogP contribution in [0.25, 0.3) is 0 Å². The molecular formula is C17H27ClN2O2. The third kappa shape index (κ3) is 6.26. The van der Waals surface area contributed by atoms with Crippen molar-refractivity contribution in [3.63, 3.8) is 0 Å². The maximum atomic E-state index is 5.68. The zero-order valence-corrected chi connectivity index (χ0v) is 14.3. The number of hydrogen-bond donors (Lipinski definition) is 0. The molecule has 5 heteroatoms. The molecule has 1 fully saturated rings. The van der Waals surface area contributed by atoms with Crippen molar-refractivity contribution in [1.29, 1.82) is 0 Å². The number of rotatable bonds is 7. The smallest absolute Gasteiger partial charge is 0.123 e. The lowest BCUT2D eigenvalue weighted by atomic mass is 10.3. The molecule has 124 valence electrons. The predicted molar refractivity (Wildman–Crippen MR) is 93.4 cm³/mol. The Labute approximate surface area is 140 Å². The van der Waals surface area contributed by atoms with E-state index in [1.165, 1.54) is 13.1 Å². The van der Waals surface area contributed by atoms with Gasteiger partial charge in [-0.2, -0.15) is 0 Å². The SMILES string of the molecule is CCN1CCN(CC=CCOc2cccc(OC)c2)CC1.Cl. The number of nitrogens with zero attached hydrogens (tertiary/aromatic N) is 2. The summed E-state index contributed by atoms with van der Waals surface area (Å²) in [5.41, 5.74) is 0. The zero-order valence-electron chi connectivity index (χ0n) is 13.5. The van der Waals surface area contributed by atoms with Crippen molar-refractivity contribution in [3.05, 3.63) is 36.4 Å². The van der Waals surface area contributed by atoms with Crippen LogP contribution in [0.4, 0.5) is 0 Å².